The van der Waals surface area contributed by atoms with E-state index in [0.29, 0.717) is 0 Å². The first-order valence-electron chi connectivity index (χ1n) is 4.74. The lowest BCUT2D eigenvalue weighted by Crippen LogP contribution is -2.07. The molecule has 0 saturated carbocycles. The summed E-state index contributed by atoms with van der Waals surface area (Å²) < 4.78 is 0. The van der Waals surface area contributed by atoms with Gasteiger partial charge in [-0.1, -0.05) is 0 Å². The van der Waals surface area contributed by atoms with E-state index in [1.165, 1.54) is 0 Å². The fourth-order valence-corrected chi connectivity index (χ4v) is 1.82. The van der Waals surface area contributed by atoms with Gasteiger partial charge in [0.15, 0.2) is 0 Å². The molecule has 0 unspecified atom stereocenters. The fourth-order valence-electron chi connectivity index (χ4n) is 1.23. The maximum Gasteiger partial charge on any atom is 0.144 e. The summed E-state index contributed by atoms with van der Waals surface area (Å²) >= 11 is 1.62. The van der Waals surface area contributed by atoms with E-state index in [4.69, 9.17) is 0 Å². The van der Waals surface area contributed by atoms with Gasteiger partial charge in [0.1, 0.15) is 5.82 Å². The Morgan fingerprint density at radius 2 is 2.33 bits per heavy atom. The Labute approximate surface area is 92.4 Å². The molecule has 0 amide bonds. The molecule has 0 aliphatic carbocycles. The van der Waals surface area contributed by atoms with E-state index in [2.05, 4.69) is 25.6 Å². The van der Waals surface area contributed by atoms with E-state index < -0.39 is 0 Å². The minimum Gasteiger partial charge on any atom is -0.368 e. The van der Waals surface area contributed by atoms with Crippen molar-refractivity contribution >= 4 is 17.2 Å². The van der Waals surface area contributed by atoms with Crippen molar-refractivity contribution in [3.05, 3.63) is 34.7 Å². The van der Waals surface area contributed by atoms with Crippen LogP contribution in [-0.2, 0) is 6.42 Å². The van der Waals surface area contributed by atoms with Crippen LogP contribution >= 0.6 is 11.3 Å². The van der Waals surface area contributed by atoms with Crippen molar-refractivity contribution in [2.75, 3.05) is 11.9 Å². The minimum absolute atomic E-state index is 0.824. The summed E-state index contributed by atoms with van der Waals surface area (Å²) in [4.78, 5) is 12.6. The van der Waals surface area contributed by atoms with Crippen molar-refractivity contribution < 1.29 is 0 Å². The van der Waals surface area contributed by atoms with Gasteiger partial charge in [-0.15, -0.1) is 11.3 Å². The topological polar surface area (TPSA) is 50.7 Å². The molecule has 5 heteroatoms. The van der Waals surface area contributed by atoms with E-state index in [1.807, 2.05) is 12.4 Å². The second kappa shape index (κ2) is 4.84. The first-order valence-corrected chi connectivity index (χ1v) is 5.68. The summed E-state index contributed by atoms with van der Waals surface area (Å²) in [5.74, 6) is 0.824. The maximum atomic E-state index is 4.30. The monoisotopic (exact) mass is 220 g/mol. The molecule has 0 aliphatic heterocycles. The first-order chi connectivity index (χ1) is 7.34. The average molecular weight is 220 g/mol. The number of nitrogens with zero attached hydrogens (tertiary/aromatic N) is 3. The molecular weight excluding hydrogens is 208 g/mol. The van der Waals surface area contributed by atoms with E-state index in [9.17, 15) is 0 Å². The molecule has 0 radical (unpaired) electrons. The molecule has 4 nitrogen and oxygen atoms in total. The van der Waals surface area contributed by atoms with Crippen LogP contribution in [0, 0.1) is 6.92 Å². The fraction of sp³-hybridized carbons (Fsp3) is 0.300. The number of aromatic nitrogens is 3. The van der Waals surface area contributed by atoms with Crippen LogP contribution in [0.1, 0.15) is 11.4 Å². The number of hydrogen-bond donors (Lipinski definition) is 1. The molecule has 0 atom stereocenters. The normalized spacial score (nSPS) is 10.2. The summed E-state index contributed by atoms with van der Waals surface area (Å²) in [6, 6.07) is 0. The van der Waals surface area contributed by atoms with E-state index in [0.717, 1.165) is 30.2 Å². The van der Waals surface area contributed by atoms with Crippen molar-refractivity contribution in [3.8, 4) is 0 Å². The molecule has 1 N–H and O–H groups in total. The zero-order valence-corrected chi connectivity index (χ0v) is 9.29. The number of rotatable bonds is 4. The molecule has 2 rings (SSSR count). The Balaban J connectivity index is 1.83. The third-order valence-corrected chi connectivity index (χ3v) is 2.56. The highest BCUT2D eigenvalue weighted by Crippen LogP contribution is 2.04. The minimum atomic E-state index is 0.824. The van der Waals surface area contributed by atoms with Gasteiger partial charge in [0, 0.05) is 24.5 Å². The zero-order chi connectivity index (χ0) is 10.5. The predicted octanol–water partition coefficient (Wildman–Crippen LogP) is 1.90. The Kier molecular flexibility index (Phi) is 3.24. The van der Waals surface area contributed by atoms with Gasteiger partial charge in [-0.05, 0) is 6.92 Å². The van der Waals surface area contributed by atoms with Gasteiger partial charge in [0.25, 0.3) is 0 Å². The number of nitrogens with one attached hydrogen (secondary N) is 1. The smallest absolute Gasteiger partial charge is 0.144 e. The zero-order valence-electron chi connectivity index (χ0n) is 8.47. The molecule has 0 spiro atoms. The number of thiazole rings is 1. The number of aryl methyl sites for hydroxylation is 1. The molecule has 0 bridgehead atoms. The van der Waals surface area contributed by atoms with E-state index in [1.54, 1.807) is 23.7 Å². The third-order valence-electron chi connectivity index (χ3n) is 1.93. The molecular formula is C10H12N4S. The Bertz CT molecular complexity index is 413. The number of hydrogen-bond acceptors (Lipinski definition) is 5. The summed E-state index contributed by atoms with van der Waals surface area (Å²) in [6.07, 6.45) is 4.39. The molecule has 0 aromatic carbocycles. The van der Waals surface area contributed by atoms with E-state index in [-0.39, 0.29) is 0 Å². The highest BCUT2D eigenvalue weighted by Gasteiger charge is 1.96. The van der Waals surface area contributed by atoms with Crippen LogP contribution in [0.25, 0.3) is 0 Å². The van der Waals surface area contributed by atoms with Gasteiger partial charge in [0.2, 0.25) is 0 Å². The lowest BCUT2D eigenvalue weighted by molar-refractivity contribution is 0.959. The highest BCUT2D eigenvalue weighted by molar-refractivity contribution is 7.07. The molecule has 2 aromatic rings. The molecule has 2 aromatic heterocycles. The molecule has 0 saturated heterocycles. The average Bonchev–Trinajstić information content (AvgIpc) is 2.71. The van der Waals surface area contributed by atoms with Crippen LogP contribution in [0.4, 0.5) is 5.82 Å². The van der Waals surface area contributed by atoms with Crippen molar-refractivity contribution in [2.45, 2.75) is 13.3 Å². The standard InChI is InChI=1S/C10H12N4S/c1-8-4-11-5-10(14-8)12-3-2-9-6-15-7-13-9/h4-7H,2-3H2,1H3,(H,12,14). The van der Waals surface area contributed by atoms with Crippen LogP contribution < -0.4 is 5.32 Å². The third kappa shape index (κ3) is 2.99. The van der Waals surface area contributed by atoms with Crippen molar-refractivity contribution in [1.29, 1.82) is 0 Å². The summed E-state index contributed by atoms with van der Waals surface area (Å²) in [6.45, 7) is 2.76. The molecule has 0 fully saturated rings. The van der Waals surface area contributed by atoms with Crippen LogP contribution in [0.15, 0.2) is 23.3 Å². The van der Waals surface area contributed by atoms with Gasteiger partial charge in [0.05, 0.1) is 23.1 Å². The second-order valence-corrected chi connectivity index (χ2v) is 3.92. The second-order valence-electron chi connectivity index (χ2n) is 3.20. The predicted molar refractivity (Wildman–Crippen MR) is 61.1 cm³/mol. The lowest BCUT2D eigenvalue weighted by atomic mass is 10.3. The van der Waals surface area contributed by atoms with E-state index >= 15 is 0 Å². The summed E-state index contributed by atoms with van der Waals surface area (Å²) in [7, 11) is 0. The quantitative estimate of drug-likeness (QED) is 0.855. The highest BCUT2D eigenvalue weighted by atomic mass is 32.1. The van der Waals surface area contributed by atoms with Crippen LogP contribution in [0.5, 0.6) is 0 Å². The SMILES string of the molecule is Cc1cncc(NCCc2cscn2)n1. The molecule has 0 aliphatic rings. The maximum absolute atomic E-state index is 4.30. The summed E-state index contributed by atoms with van der Waals surface area (Å²) in [5.41, 5.74) is 3.89. The van der Waals surface area contributed by atoms with Crippen LogP contribution in [-0.4, -0.2) is 21.5 Å². The lowest BCUT2D eigenvalue weighted by Gasteiger charge is -2.03. The van der Waals surface area contributed by atoms with Gasteiger partial charge in [-0.2, -0.15) is 0 Å². The van der Waals surface area contributed by atoms with Crippen molar-refractivity contribution in [3.63, 3.8) is 0 Å². The Hall–Kier alpha value is -1.49. The van der Waals surface area contributed by atoms with Gasteiger partial charge < -0.3 is 5.32 Å². The Morgan fingerprint density at radius 3 is 3.07 bits per heavy atom. The van der Waals surface area contributed by atoms with Gasteiger partial charge in [-0.3, -0.25) is 4.98 Å². The summed E-state index contributed by atoms with van der Waals surface area (Å²) in [5, 5.41) is 5.27. The largest absolute Gasteiger partial charge is 0.368 e. The molecule has 15 heavy (non-hydrogen) atoms. The first kappa shape index (κ1) is 10.0. The number of anilines is 1. The van der Waals surface area contributed by atoms with Crippen LogP contribution in [0.2, 0.25) is 0 Å². The molecule has 78 valence electrons. The Morgan fingerprint density at radius 1 is 1.40 bits per heavy atom. The van der Waals surface area contributed by atoms with Crippen LogP contribution in [0.3, 0.4) is 0 Å². The van der Waals surface area contributed by atoms with Crippen molar-refractivity contribution in [2.24, 2.45) is 0 Å². The van der Waals surface area contributed by atoms with Gasteiger partial charge >= 0.3 is 0 Å². The molecule has 2 heterocycles. The van der Waals surface area contributed by atoms with Crippen molar-refractivity contribution in [1.82, 2.24) is 15.0 Å². The van der Waals surface area contributed by atoms with Gasteiger partial charge in [-0.25, -0.2) is 9.97 Å².